The lowest BCUT2D eigenvalue weighted by Gasteiger charge is -2.18. The second-order valence-corrected chi connectivity index (χ2v) is 7.21. The quantitative estimate of drug-likeness (QED) is 0.581. The number of aromatic nitrogens is 1. The zero-order chi connectivity index (χ0) is 19.3. The van der Waals surface area contributed by atoms with E-state index in [1.807, 2.05) is 39.0 Å². The van der Waals surface area contributed by atoms with Gasteiger partial charge in [-0.3, -0.25) is 9.78 Å². The van der Waals surface area contributed by atoms with Gasteiger partial charge in [0.15, 0.2) is 0 Å². The van der Waals surface area contributed by atoms with Crippen LogP contribution in [0.5, 0.6) is 5.75 Å². The van der Waals surface area contributed by atoms with E-state index >= 15 is 0 Å². The average Bonchev–Trinajstić information content (AvgIpc) is 2.60. The van der Waals surface area contributed by atoms with Gasteiger partial charge < -0.3 is 10.1 Å². The van der Waals surface area contributed by atoms with E-state index in [1.54, 1.807) is 0 Å². The first-order valence-corrected chi connectivity index (χ1v) is 9.89. The molecule has 0 fully saturated rings. The number of pyridine rings is 1. The minimum absolute atomic E-state index is 0.189. The van der Waals surface area contributed by atoms with Gasteiger partial charge in [-0.25, -0.2) is 0 Å². The molecule has 0 aliphatic rings. The van der Waals surface area contributed by atoms with Crippen molar-refractivity contribution < 1.29 is 9.53 Å². The Morgan fingerprint density at radius 3 is 2.58 bits per heavy atom. The molecule has 0 unspecified atom stereocenters. The second-order valence-electron chi connectivity index (χ2n) is 6.42. The smallest absolute Gasteiger partial charge is 0.261 e. The molecule has 0 radical (unpaired) electrons. The third kappa shape index (κ3) is 4.44. The Hall–Kier alpha value is -1.88. The zero-order valence-corrected chi connectivity index (χ0v) is 17.8. The van der Waals surface area contributed by atoms with Crippen LogP contribution in [0.1, 0.15) is 59.6 Å². The highest BCUT2D eigenvalue weighted by Crippen LogP contribution is 2.34. The highest BCUT2D eigenvalue weighted by atomic mass is 79.9. The van der Waals surface area contributed by atoms with Crippen molar-refractivity contribution in [3.05, 3.63) is 50.8 Å². The standard InChI is InChI=1S/C21H27BrN2O2/c1-6-8-12-26-20-17(14(4)23-15(5)18(20)22)21(25)24-19-13(3)10-9-11-16(19)7-2/h9-11H,6-8,12H2,1-5H3,(H,24,25). The number of halogens is 1. The fraction of sp³-hybridized carbons (Fsp3) is 0.429. The van der Waals surface area contributed by atoms with E-state index in [0.717, 1.165) is 46.2 Å². The zero-order valence-electron chi connectivity index (χ0n) is 16.2. The SMILES string of the molecule is CCCCOc1c(Br)c(C)nc(C)c1C(=O)Nc1c(C)cccc1CC. The summed E-state index contributed by atoms with van der Waals surface area (Å²) in [6, 6.07) is 6.05. The molecule has 1 N–H and O–H groups in total. The average molecular weight is 419 g/mol. The van der Waals surface area contributed by atoms with Crippen LogP contribution in [-0.4, -0.2) is 17.5 Å². The van der Waals surface area contributed by atoms with Crippen molar-refractivity contribution in [2.45, 2.75) is 53.9 Å². The molecule has 26 heavy (non-hydrogen) atoms. The minimum atomic E-state index is -0.189. The van der Waals surface area contributed by atoms with E-state index < -0.39 is 0 Å². The molecule has 5 heteroatoms. The van der Waals surface area contributed by atoms with Crippen LogP contribution in [-0.2, 0) is 6.42 Å². The number of rotatable bonds is 7. The van der Waals surface area contributed by atoms with Gasteiger partial charge >= 0.3 is 0 Å². The van der Waals surface area contributed by atoms with Crippen LogP contribution < -0.4 is 10.1 Å². The van der Waals surface area contributed by atoms with E-state index in [9.17, 15) is 4.79 Å². The summed E-state index contributed by atoms with van der Waals surface area (Å²) in [6.07, 6.45) is 2.82. The van der Waals surface area contributed by atoms with E-state index in [-0.39, 0.29) is 5.91 Å². The molecule has 0 aliphatic carbocycles. The number of hydrogen-bond donors (Lipinski definition) is 1. The van der Waals surface area contributed by atoms with Gasteiger partial charge in [0.2, 0.25) is 0 Å². The van der Waals surface area contributed by atoms with E-state index in [2.05, 4.69) is 40.1 Å². The Morgan fingerprint density at radius 1 is 1.19 bits per heavy atom. The summed E-state index contributed by atoms with van der Waals surface area (Å²) >= 11 is 3.55. The number of benzene rings is 1. The molecule has 140 valence electrons. The molecule has 0 atom stereocenters. The van der Waals surface area contributed by atoms with E-state index in [1.165, 1.54) is 0 Å². The van der Waals surface area contributed by atoms with E-state index in [4.69, 9.17) is 4.74 Å². The molecule has 1 heterocycles. The molecule has 2 aromatic rings. The van der Waals surface area contributed by atoms with Crippen LogP contribution in [0.3, 0.4) is 0 Å². The van der Waals surface area contributed by atoms with Crippen molar-refractivity contribution in [3.63, 3.8) is 0 Å². The summed E-state index contributed by atoms with van der Waals surface area (Å²) in [5, 5.41) is 3.08. The summed E-state index contributed by atoms with van der Waals surface area (Å²) in [5.41, 5.74) is 5.00. The predicted molar refractivity (Wildman–Crippen MR) is 110 cm³/mol. The van der Waals surface area contributed by atoms with Gasteiger partial charge in [0.25, 0.3) is 5.91 Å². The van der Waals surface area contributed by atoms with Gasteiger partial charge in [0.1, 0.15) is 11.3 Å². The normalized spacial score (nSPS) is 10.7. The highest BCUT2D eigenvalue weighted by molar-refractivity contribution is 9.10. The largest absolute Gasteiger partial charge is 0.491 e. The van der Waals surface area contributed by atoms with Gasteiger partial charge in [-0.05, 0) is 60.7 Å². The number of para-hydroxylation sites is 1. The van der Waals surface area contributed by atoms with Crippen molar-refractivity contribution >= 4 is 27.5 Å². The minimum Gasteiger partial charge on any atom is -0.491 e. The van der Waals surface area contributed by atoms with Crippen LogP contribution in [0.4, 0.5) is 5.69 Å². The summed E-state index contributed by atoms with van der Waals surface area (Å²) in [4.78, 5) is 17.6. The Kier molecular flexibility index (Phi) is 7.21. The molecule has 0 saturated carbocycles. The number of nitrogens with one attached hydrogen (secondary N) is 1. The molecular weight excluding hydrogens is 392 g/mol. The number of hydrogen-bond acceptors (Lipinski definition) is 3. The van der Waals surface area contributed by atoms with Crippen molar-refractivity contribution in [1.82, 2.24) is 4.98 Å². The van der Waals surface area contributed by atoms with Gasteiger partial charge in [0.05, 0.1) is 22.5 Å². The maximum absolute atomic E-state index is 13.1. The number of amides is 1. The number of nitrogens with zero attached hydrogens (tertiary/aromatic N) is 1. The number of anilines is 1. The summed E-state index contributed by atoms with van der Waals surface area (Å²) < 4.78 is 6.71. The van der Waals surface area contributed by atoms with Crippen molar-refractivity contribution in [3.8, 4) is 5.75 Å². The lowest BCUT2D eigenvalue weighted by molar-refractivity contribution is 0.102. The van der Waals surface area contributed by atoms with E-state index in [0.29, 0.717) is 23.6 Å². The molecule has 1 aromatic heterocycles. The van der Waals surface area contributed by atoms with Gasteiger partial charge in [-0.15, -0.1) is 0 Å². The number of carbonyl (C=O) groups excluding carboxylic acids is 1. The van der Waals surface area contributed by atoms with Crippen LogP contribution in [0, 0.1) is 20.8 Å². The fourth-order valence-corrected chi connectivity index (χ4v) is 3.30. The molecule has 1 amide bonds. The molecule has 0 aliphatic heterocycles. The molecular formula is C21H27BrN2O2. The van der Waals surface area contributed by atoms with Crippen molar-refractivity contribution in [2.75, 3.05) is 11.9 Å². The highest BCUT2D eigenvalue weighted by Gasteiger charge is 2.23. The molecule has 0 spiro atoms. The van der Waals surface area contributed by atoms with Crippen molar-refractivity contribution in [1.29, 1.82) is 0 Å². The second kappa shape index (κ2) is 9.17. The lowest BCUT2D eigenvalue weighted by Crippen LogP contribution is -2.19. The molecule has 1 aromatic carbocycles. The Bertz CT molecular complexity index is 803. The topological polar surface area (TPSA) is 51.2 Å². The Labute approximate surface area is 164 Å². The fourth-order valence-electron chi connectivity index (χ4n) is 2.89. The van der Waals surface area contributed by atoms with Crippen LogP contribution in [0.15, 0.2) is 22.7 Å². The number of unbranched alkanes of at least 4 members (excludes halogenated alkanes) is 1. The summed E-state index contributed by atoms with van der Waals surface area (Å²) in [7, 11) is 0. The number of carbonyl (C=O) groups is 1. The van der Waals surface area contributed by atoms with Crippen LogP contribution in [0.25, 0.3) is 0 Å². The summed E-state index contributed by atoms with van der Waals surface area (Å²) in [6.45, 7) is 10.5. The lowest BCUT2D eigenvalue weighted by atomic mass is 10.0. The Balaban J connectivity index is 2.44. The molecule has 4 nitrogen and oxygen atoms in total. The first-order chi connectivity index (χ1) is 12.4. The van der Waals surface area contributed by atoms with Gasteiger partial charge in [0, 0.05) is 5.69 Å². The number of aryl methyl sites for hydroxylation is 4. The van der Waals surface area contributed by atoms with Gasteiger partial charge in [-0.1, -0.05) is 38.5 Å². The molecule has 2 rings (SSSR count). The monoisotopic (exact) mass is 418 g/mol. The maximum atomic E-state index is 13.1. The third-order valence-corrected chi connectivity index (χ3v) is 5.33. The Morgan fingerprint density at radius 2 is 1.92 bits per heavy atom. The van der Waals surface area contributed by atoms with Crippen molar-refractivity contribution in [2.24, 2.45) is 0 Å². The first kappa shape index (κ1) is 20.4. The third-order valence-electron chi connectivity index (χ3n) is 4.39. The molecule has 0 saturated heterocycles. The molecule has 0 bridgehead atoms. The first-order valence-electron chi connectivity index (χ1n) is 9.09. The number of ether oxygens (including phenoxy) is 1. The predicted octanol–water partition coefficient (Wildman–Crippen LogP) is 5.76. The van der Waals surface area contributed by atoms with Crippen LogP contribution >= 0.6 is 15.9 Å². The van der Waals surface area contributed by atoms with Gasteiger partial charge in [-0.2, -0.15) is 0 Å². The summed E-state index contributed by atoms with van der Waals surface area (Å²) in [5.74, 6) is 0.388. The van der Waals surface area contributed by atoms with Crippen LogP contribution in [0.2, 0.25) is 0 Å². The maximum Gasteiger partial charge on any atom is 0.261 e.